The molecule has 2 N–H and O–H groups in total. The molecule has 0 radical (unpaired) electrons. The first kappa shape index (κ1) is 14.9. The van der Waals surface area contributed by atoms with Crippen LogP contribution in [0, 0.1) is 16.0 Å². The highest BCUT2D eigenvalue weighted by Crippen LogP contribution is 2.24. The van der Waals surface area contributed by atoms with Crippen LogP contribution >= 0.6 is 0 Å². The number of carboxylic acid groups (broad SMARTS) is 1. The lowest BCUT2D eigenvalue weighted by molar-refractivity contribution is -0.384. The van der Waals surface area contributed by atoms with Crippen LogP contribution in [0.1, 0.15) is 23.2 Å². The second-order valence-electron chi connectivity index (χ2n) is 4.67. The number of rotatable bonds is 4. The molecule has 1 amide bonds. The van der Waals surface area contributed by atoms with Crippen LogP contribution in [0.2, 0.25) is 0 Å². The van der Waals surface area contributed by atoms with Gasteiger partial charge in [0, 0.05) is 31.3 Å². The lowest BCUT2D eigenvalue weighted by Gasteiger charge is -2.21. The molecule has 112 valence electrons. The fourth-order valence-corrected chi connectivity index (χ4v) is 2.13. The van der Waals surface area contributed by atoms with Gasteiger partial charge in [0.25, 0.3) is 5.69 Å². The first-order valence-electron chi connectivity index (χ1n) is 6.39. The van der Waals surface area contributed by atoms with Gasteiger partial charge in [0.1, 0.15) is 0 Å². The van der Waals surface area contributed by atoms with E-state index in [0.717, 1.165) is 12.1 Å². The van der Waals surface area contributed by atoms with Crippen molar-refractivity contribution in [1.82, 2.24) is 0 Å². The highest BCUT2D eigenvalue weighted by molar-refractivity contribution is 6.01. The van der Waals surface area contributed by atoms with E-state index in [4.69, 9.17) is 9.84 Å². The lowest BCUT2D eigenvalue weighted by atomic mass is 9.99. The summed E-state index contributed by atoms with van der Waals surface area (Å²) in [5, 5.41) is 22.3. The number of carboxylic acids is 1. The van der Waals surface area contributed by atoms with Gasteiger partial charge in [-0.05, 0) is 18.9 Å². The van der Waals surface area contributed by atoms with Crippen molar-refractivity contribution in [3.05, 3.63) is 33.9 Å². The molecule has 1 heterocycles. The van der Waals surface area contributed by atoms with Crippen molar-refractivity contribution in [2.45, 2.75) is 12.8 Å². The molecule has 0 saturated carbocycles. The first-order valence-corrected chi connectivity index (χ1v) is 6.39. The number of ether oxygens (including phenoxy) is 1. The summed E-state index contributed by atoms with van der Waals surface area (Å²) in [5.41, 5.74) is -0.578. The molecule has 0 aliphatic carbocycles. The Bertz CT molecular complexity index is 580. The highest BCUT2D eigenvalue weighted by Gasteiger charge is 2.24. The van der Waals surface area contributed by atoms with Crippen LogP contribution < -0.4 is 5.32 Å². The molecule has 8 nitrogen and oxygen atoms in total. The molecule has 1 saturated heterocycles. The molecule has 1 fully saturated rings. The number of nitrogens with one attached hydrogen (secondary N) is 1. The van der Waals surface area contributed by atoms with Gasteiger partial charge in [0.2, 0.25) is 5.91 Å². The van der Waals surface area contributed by atoms with Crippen molar-refractivity contribution in [1.29, 1.82) is 0 Å². The van der Waals surface area contributed by atoms with Crippen LogP contribution in [-0.4, -0.2) is 35.1 Å². The van der Waals surface area contributed by atoms with Crippen molar-refractivity contribution in [3.8, 4) is 0 Å². The smallest absolute Gasteiger partial charge is 0.338 e. The molecule has 21 heavy (non-hydrogen) atoms. The summed E-state index contributed by atoms with van der Waals surface area (Å²) in [6.07, 6.45) is 1.14. The molecule has 0 bridgehead atoms. The monoisotopic (exact) mass is 294 g/mol. The SMILES string of the molecule is O=C(O)c1cc([N+](=O)[O-])ccc1NC(=O)C1CCOCC1. The Morgan fingerprint density at radius 2 is 2.00 bits per heavy atom. The van der Waals surface area contributed by atoms with Gasteiger partial charge in [-0.2, -0.15) is 0 Å². The van der Waals surface area contributed by atoms with E-state index in [1.165, 1.54) is 6.07 Å². The Morgan fingerprint density at radius 3 is 2.57 bits per heavy atom. The summed E-state index contributed by atoms with van der Waals surface area (Å²) in [6, 6.07) is 3.33. The Balaban J connectivity index is 2.20. The van der Waals surface area contributed by atoms with E-state index in [2.05, 4.69) is 5.32 Å². The summed E-state index contributed by atoms with van der Waals surface area (Å²) in [5.74, 6) is -1.87. The van der Waals surface area contributed by atoms with Crippen LogP contribution in [0.3, 0.4) is 0 Å². The lowest BCUT2D eigenvalue weighted by Crippen LogP contribution is -2.29. The van der Waals surface area contributed by atoms with Gasteiger partial charge in [-0.25, -0.2) is 4.79 Å². The number of nitrogens with zero attached hydrogens (tertiary/aromatic N) is 1. The van der Waals surface area contributed by atoms with Crippen LogP contribution in [0.15, 0.2) is 18.2 Å². The Hall–Kier alpha value is -2.48. The zero-order valence-corrected chi connectivity index (χ0v) is 11.1. The van der Waals surface area contributed by atoms with E-state index in [-0.39, 0.29) is 28.8 Å². The molecule has 0 unspecified atom stereocenters. The normalized spacial score (nSPS) is 15.4. The van der Waals surface area contributed by atoms with E-state index >= 15 is 0 Å². The van der Waals surface area contributed by atoms with Crippen LogP contribution in [0.5, 0.6) is 0 Å². The summed E-state index contributed by atoms with van der Waals surface area (Å²) in [7, 11) is 0. The average Bonchev–Trinajstić information content (AvgIpc) is 2.48. The number of anilines is 1. The number of hydrogen-bond donors (Lipinski definition) is 2. The molecule has 0 atom stereocenters. The minimum Gasteiger partial charge on any atom is -0.478 e. The second-order valence-corrected chi connectivity index (χ2v) is 4.67. The maximum absolute atomic E-state index is 12.1. The Kier molecular flexibility index (Phi) is 4.49. The predicted molar refractivity (Wildman–Crippen MR) is 72.2 cm³/mol. The molecule has 1 aliphatic rings. The second kappa shape index (κ2) is 6.31. The zero-order valence-electron chi connectivity index (χ0n) is 11.1. The summed E-state index contributed by atoms with van der Waals surface area (Å²) in [6.45, 7) is 0.980. The average molecular weight is 294 g/mol. The fraction of sp³-hybridized carbons (Fsp3) is 0.385. The largest absolute Gasteiger partial charge is 0.478 e. The summed E-state index contributed by atoms with van der Waals surface area (Å²) in [4.78, 5) is 33.2. The topological polar surface area (TPSA) is 119 Å². The number of nitro benzene ring substituents is 1. The van der Waals surface area contributed by atoms with Crippen molar-refractivity contribution in [2.24, 2.45) is 5.92 Å². The Morgan fingerprint density at radius 1 is 1.33 bits per heavy atom. The maximum atomic E-state index is 12.1. The molecule has 8 heteroatoms. The molecule has 1 aliphatic heterocycles. The Labute approximate surface area is 119 Å². The number of amides is 1. The third kappa shape index (κ3) is 3.54. The minimum atomic E-state index is -1.33. The number of non-ortho nitro benzene ring substituents is 1. The van der Waals surface area contributed by atoms with Crippen LogP contribution in [0.25, 0.3) is 0 Å². The van der Waals surface area contributed by atoms with Gasteiger partial charge in [-0.15, -0.1) is 0 Å². The zero-order chi connectivity index (χ0) is 15.4. The summed E-state index contributed by atoms with van der Waals surface area (Å²) < 4.78 is 5.16. The van der Waals surface area contributed by atoms with Crippen molar-refractivity contribution < 1.29 is 24.4 Å². The summed E-state index contributed by atoms with van der Waals surface area (Å²) >= 11 is 0. The quantitative estimate of drug-likeness (QED) is 0.643. The van der Waals surface area contributed by atoms with Crippen molar-refractivity contribution >= 4 is 23.3 Å². The molecule has 2 rings (SSSR count). The molecule has 0 spiro atoms. The fourth-order valence-electron chi connectivity index (χ4n) is 2.13. The van der Waals surface area contributed by atoms with Crippen LogP contribution in [0.4, 0.5) is 11.4 Å². The van der Waals surface area contributed by atoms with E-state index in [0.29, 0.717) is 26.1 Å². The van der Waals surface area contributed by atoms with Gasteiger partial charge in [0.05, 0.1) is 16.2 Å². The van der Waals surface area contributed by atoms with E-state index < -0.39 is 10.9 Å². The van der Waals surface area contributed by atoms with Gasteiger partial charge in [0.15, 0.2) is 0 Å². The van der Waals surface area contributed by atoms with E-state index in [1.807, 2.05) is 0 Å². The van der Waals surface area contributed by atoms with Gasteiger partial charge < -0.3 is 15.2 Å². The standard InChI is InChI=1S/C13H14N2O6/c16-12(8-3-5-21-6-4-8)14-11-2-1-9(15(19)20)7-10(11)13(17)18/h1-2,7-8H,3-6H2,(H,14,16)(H,17,18). The maximum Gasteiger partial charge on any atom is 0.338 e. The number of carbonyl (C=O) groups is 2. The number of aromatic carboxylic acids is 1. The molecule has 1 aromatic carbocycles. The number of nitro groups is 1. The first-order chi connectivity index (χ1) is 9.99. The number of hydrogen-bond acceptors (Lipinski definition) is 5. The van der Waals surface area contributed by atoms with E-state index in [1.54, 1.807) is 0 Å². The third-order valence-corrected chi connectivity index (χ3v) is 3.29. The molecule has 1 aromatic rings. The minimum absolute atomic E-state index is 0.0598. The molecular weight excluding hydrogens is 280 g/mol. The van der Waals surface area contributed by atoms with Gasteiger partial charge in [-0.3, -0.25) is 14.9 Å². The van der Waals surface area contributed by atoms with Crippen molar-refractivity contribution in [2.75, 3.05) is 18.5 Å². The predicted octanol–water partition coefficient (Wildman–Crippen LogP) is 1.66. The van der Waals surface area contributed by atoms with E-state index in [9.17, 15) is 19.7 Å². The van der Waals surface area contributed by atoms with Gasteiger partial charge in [-0.1, -0.05) is 0 Å². The number of carbonyl (C=O) groups excluding carboxylic acids is 1. The van der Waals surface area contributed by atoms with Crippen molar-refractivity contribution in [3.63, 3.8) is 0 Å². The number of benzene rings is 1. The highest BCUT2D eigenvalue weighted by atomic mass is 16.6. The molecule has 0 aromatic heterocycles. The van der Waals surface area contributed by atoms with Crippen LogP contribution in [-0.2, 0) is 9.53 Å². The molecular formula is C13H14N2O6. The third-order valence-electron chi connectivity index (χ3n) is 3.29. The van der Waals surface area contributed by atoms with Gasteiger partial charge >= 0.3 is 5.97 Å².